The van der Waals surface area contributed by atoms with Crippen LogP contribution in [-0.4, -0.2) is 6.61 Å². The summed E-state index contributed by atoms with van der Waals surface area (Å²) in [6, 6.07) is 5.88. The molecule has 3 atom stereocenters. The van der Waals surface area contributed by atoms with Crippen LogP contribution >= 0.6 is 11.6 Å². The average molecular weight is 251 g/mol. The average Bonchev–Trinajstić information content (AvgIpc) is 2.92. The molecule has 0 aromatic heterocycles. The smallest absolute Gasteiger partial charge is 0.123 e. The Morgan fingerprint density at radius 2 is 2.18 bits per heavy atom. The summed E-state index contributed by atoms with van der Waals surface area (Å²) in [5, 5.41) is 0.763. The standard InChI is InChI=1S/C15H19ClO/c1-10-2-5-14(16)8-15(10)17-9-13-7-11-3-4-12(13)6-11/h2,5,8,11-13H,3-4,6-7,9H2,1H3. The zero-order chi connectivity index (χ0) is 11.8. The molecule has 2 bridgehead atoms. The summed E-state index contributed by atoms with van der Waals surface area (Å²) in [4.78, 5) is 0. The predicted molar refractivity (Wildman–Crippen MR) is 70.6 cm³/mol. The van der Waals surface area contributed by atoms with E-state index >= 15 is 0 Å². The molecule has 1 aromatic rings. The fourth-order valence-electron chi connectivity index (χ4n) is 3.51. The molecule has 0 heterocycles. The summed E-state index contributed by atoms with van der Waals surface area (Å²) < 4.78 is 5.97. The van der Waals surface area contributed by atoms with Crippen LogP contribution in [0.1, 0.15) is 31.2 Å². The summed E-state index contributed by atoms with van der Waals surface area (Å²) in [5.74, 6) is 3.67. The van der Waals surface area contributed by atoms with Crippen molar-refractivity contribution in [3.63, 3.8) is 0 Å². The molecule has 3 unspecified atom stereocenters. The van der Waals surface area contributed by atoms with E-state index in [4.69, 9.17) is 16.3 Å². The van der Waals surface area contributed by atoms with Crippen LogP contribution in [0.2, 0.25) is 5.02 Å². The molecule has 2 saturated carbocycles. The maximum Gasteiger partial charge on any atom is 0.123 e. The molecule has 0 spiro atoms. The van der Waals surface area contributed by atoms with Gasteiger partial charge in [-0.05, 0) is 61.6 Å². The van der Waals surface area contributed by atoms with E-state index in [1.54, 1.807) is 0 Å². The Labute approximate surface area is 108 Å². The number of ether oxygens (including phenoxy) is 1. The van der Waals surface area contributed by atoms with Crippen LogP contribution in [0.4, 0.5) is 0 Å². The van der Waals surface area contributed by atoms with Gasteiger partial charge >= 0.3 is 0 Å². The zero-order valence-corrected chi connectivity index (χ0v) is 11.0. The van der Waals surface area contributed by atoms with Crippen LogP contribution in [0.3, 0.4) is 0 Å². The van der Waals surface area contributed by atoms with Gasteiger partial charge in [0, 0.05) is 5.02 Å². The minimum absolute atomic E-state index is 0.763. The lowest BCUT2D eigenvalue weighted by Crippen LogP contribution is -2.18. The zero-order valence-electron chi connectivity index (χ0n) is 10.3. The van der Waals surface area contributed by atoms with Crippen LogP contribution in [0.25, 0.3) is 0 Å². The number of halogens is 1. The minimum Gasteiger partial charge on any atom is -0.493 e. The Hall–Kier alpha value is -0.690. The second-order valence-electron chi connectivity index (χ2n) is 5.66. The third-order valence-corrected chi connectivity index (χ3v) is 4.72. The second kappa shape index (κ2) is 4.53. The number of aryl methyl sites for hydroxylation is 1. The van der Waals surface area contributed by atoms with Crippen LogP contribution in [0.5, 0.6) is 5.75 Å². The van der Waals surface area contributed by atoms with E-state index in [9.17, 15) is 0 Å². The second-order valence-corrected chi connectivity index (χ2v) is 6.09. The van der Waals surface area contributed by atoms with Crippen molar-refractivity contribution >= 4 is 11.6 Å². The van der Waals surface area contributed by atoms with Gasteiger partial charge in [0.15, 0.2) is 0 Å². The predicted octanol–water partition coefficient (Wildman–Crippen LogP) is 4.46. The van der Waals surface area contributed by atoms with Gasteiger partial charge in [0.2, 0.25) is 0 Å². The molecule has 92 valence electrons. The Bertz CT molecular complexity index is 415. The van der Waals surface area contributed by atoms with Crippen molar-refractivity contribution in [1.82, 2.24) is 0 Å². The third kappa shape index (κ3) is 2.30. The van der Waals surface area contributed by atoms with Crippen molar-refractivity contribution in [2.45, 2.75) is 32.6 Å². The number of hydrogen-bond donors (Lipinski definition) is 0. The molecule has 0 N–H and O–H groups in total. The van der Waals surface area contributed by atoms with Gasteiger partial charge in [0.1, 0.15) is 5.75 Å². The molecular weight excluding hydrogens is 232 g/mol. The molecule has 17 heavy (non-hydrogen) atoms. The lowest BCUT2D eigenvalue weighted by molar-refractivity contribution is 0.194. The molecule has 0 saturated heterocycles. The monoisotopic (exact) mass is 250 g/mol. The highest BCUT2D eigenvalue weighted by Crippen LogP contribution is 2.48. The normalized spacial score (nSPS) is 30.8. The van der Waals surface area contributed by atoms with Crippen molar-refractivity contribution < 1.29 is 4.74 Å². The highest BCUT2D eigenvalue weighted by Gasteiger charge is 2.39. The maximum atomic E-state index is 6.00. The van der Waals surface area contributed by atoms with Gasteiger partial charge in [-0.3, -0.25) is 0 Å². The highest BCUT2D eigenvalue weighted by atomic mass is 35.5. The van der Waals surface area contributed by atoms with Gasteiger partial charge in [-0.2, -0.15) is 0 Å². The SMILES string of the molecule is Cc1ccc(Cl)cc1OCC1CC2CCC1C2. The van der Waals surface area contributed by atoms with Crippen molar-refractivity contribution in [3.05, 3.63) is 28.8 Å². The van der Waals surface area contributed by atoms with Gasteiger partial charge in [-0.25, -0.2) is 0 Å². The maximum absolute atomic E-state index is 6.00. The Kier molecular flexibility index (Phi) is 3.04. The summed E-state index contributed by atoms with van der Waals surface area (Å²) >= 11 is 6.00. The van der Waals surface area contributed by atoms with E-state index in [1.165, 1.54) is 31.2 Å². The van der Waals surface area contributed by atoms with E-state index in [0.29, 0.717) is 0 Å². The first kappa shape index (κ1) is 11.4. The first-order valence-electron chi connectivity index (χ1n) is 6.61. The summed E-state index contributed by atoms with van der Waals surface area (Å²) in [6.07, 6.45) is 5.71. The molecule has 0 amide bonds. The van der Waals surface area contributed by atoms with Crippen molar-refractivity contribution in [2.24, 2.45) is 17.8 Å². The van der Waals surface area contributed by atoms with Crippen molar-refractivity contribution in [2.75, 3.05) is 6.61 Å². The largest absolute Gasteiger partial charge is 0.493 e. The molecule has 3 rings (SSSR count). The van der Waals surface area contributed by atoms with Crippen LogP contribution in [0, 0.1) is 24.7 Å². The van der Waals surface area contributed by atoms with Gasteiger partial charge in [-0.1, -0.05) is 24.1 Å². The number of benzene rings is 1. The number of rotatable bonds is 3. The first-order chi connectivity index (χ1) is 8.22. The fraction of sp³-hybridized carbons (Fsp3) is 0.600. The topological polar surface area (TPSA) is 9.23 Å². The van der Waals surface area contributed by atoms with E-state index in [2.05, 4.69) is 6.92 Å². The summed E-state index contributed by atoms with van der Waals surface area (Å²) in [6.45, 7) is 2.95. The molecule has 2 aliphatic carbocycles. The Morgan fingerprint density at radius 1 is 1.29 bits per heavy atom. The minimum atomic E-state index is 0.763. The van der Waals surface area contributed by atoms with Gasteiger partial charge in [0.25, 0.3) is 0 Å². The lowest BCUT2D eigenvalue weighted by atomic mass is 9.89. The molecule has 0 radical (unpaired) electrons. The van der Waals surface area contributed by atoms with Gasteiger partial charge in [-0.15, -0.1) is 0 Å². The Balaban J connectivity index is 1.62. The third-order valence-electron chi connectivity index (χ3n) is 4.49. The van der Waals surface area contributed by atoms with E-state index in [0.717, 1.165) is 35.1 Å². The van der Waals surface area contributed by atoms with E-state index < -0.39 is 0 Å². The highest BCUT2D eigenvalue weighted by molar-refractivity contribution is 6.30. The summed E-state index contributed by atoms with van der Waals surface area (Å²) in [7, 11) is 0. The van der Waals surface area contributed by atoms with Crippen LogP contribution < -0.4 is 4.74 Å². The Morgan fingerprint density at radius 3 is 2.88 bits per heavy atom. The lowest BCUT2D eigenvalue weighted by Gasteiger charge is -2.22. The number of hydrogen-bond acceptors (Lipinski definition) is 1. The molecule has 0 aliphatic heterocycles. The quantitative estimate of drug-likeness (QED) is 0.770. The molecule has 1 nitrogen and oxygen atoms in total. The molecule has 2 fully saturated rings. The van der Waals surface area contributed by atoms with Crippen molar-refractivity contribution in [1.29, 1.82) is 0 Å². The van der Waals surface area contributed by atoms with Crippen LogP contribution in [-0.2, 0) is 0 Å². The van der Waals surface area contributed by atoms with Gasteiger partial charge in [0.05, 0.1) is 6.61 Å². The molecule has 1 aromatic carbocycles. The van der Waals surface area contributed by atoms with E-state index in [1.807, 2.05) is 18.2 Å². The summed E-state index contributed by atoms with van der Waals surface area (Å²) in [5.41, 5.74) is 1.18. The van der Waals surface area contributed by atoms with Crippen LogP contribution in [0.15, 0.2) is 18.2 Å². The molecular formula is C15H19ClO. The van der Waals surface area contributed by atoms with Gasteiger partial charge < -0.3 is 4.74 Å². The molecule has 2 aliphatic rings. The molecule has 2 heteroatoms. The fourth-order valence-corrected chi connectivity index (χ4v) is 3.67. The van der Waals surface area contributed by atoms with Crippen molar-refractivity contribution in [3.8, 4) is 5.75 Å². The number of fused-ring (bicyclic) bond motifs is 2. The first-order valence-corrected chi connectivity index (χ1v) is 6.99. The van der Waals surface area contributed by atoms with E-state index in [-0.39, 0.29) is 0 Å².